The molecule has 1 aliphatic carbocycles. The van der Waals surface area contributed by atoms with Gasteiger partial charge in [-0.15, -0.1) is 0 Å². The molecule has 1 aromatic rings. The number of likely N-dealkylation sites (N-methyl/N-ethyl adjacent to an activating group) is 1. The molecule has 2 aliphatic rings. The fourth-order valence-electron chi connectivity index (χ4n) is 4.83. The molecule has 1 heterocycles. The van der Waals surface area contributed by atoms with E-state index in [0.29, 0.717) is 18.2 Å². The van der Waals surface area contributed by atoms with Crippen LogP contribution in [-0.4, -0.2) is 82.5 Å². The van der Waals surface area contributed by atoms with Crippen molar-refractivity contribution >= 4 is 17.6 Å². The van der Waals surface area contributed by atoms with E-state index in [4.69, 9.17) is 15.6 Å². The molecule has 1 aromatic carbocycles. The molecule has 2 fully saturated rings. The van der Waals surface area contributed by atoms with Crippen molar-refractivity contribution in [2.45, 2.75) is 64.5 Å². The average Bonchev–Trinajstić information content (AvgIpc) is 2.80. The Balaban J connectivity index is 1.86. The molecule has 33 heavy (non-hydrogen) atoms. The Kier molecular flexibility index (Phi) is 8.31. The fraction of sp³-hybridized carbons (Fsp3) is 0.625. The average molecular weight is 460 g/mol. The number of amidine groups is 2. The molecule has 0 bridgehead atoms. The first kappa shape index (κ1) is 25.0. The number of carbonyl (C=O) groups excluding carboxylic acids is 1. The summed E-state index contributed by atoms with van der Waals surface area (Å²) in [5.74, 6) is -1.22. The summed E-state index contributed by atoms with van der Waals surface area (Å²) in [5.41, 5.74) is 0.814. The van der Waals surface area contributed by atoms with E-state index in [1.165, 1.54) is 11.0 Å². The molecular weight excluding hydrogens is 422 g/mol. The third-order valence-corrected chi connectivity index (χ3v) is 6.65. The van der Waals surface area contributed by atoms with Crippen molar-refractivity contribution in [2.75, 3.05) is 32.8 Å². The molecule has 182 valence electrons. The van der Waals surface area contributed by atoms with Crippen LogP contribution in [0.25, 0.3) is 0 Å². The van der Waals surface area contributed by atoms with E-state index in [-0.39, 0.29) is 40.7 Å². The topological polar surface area (TPSA) is 133 Å². The molecule has 9 heteroatoms. The number of nitrogens with one attached hydrogen (secondary N) is 3. The van der Waals surface area contributed by atoms with Gasteiger partial charge in [0.2, 0.25) is 0 Å². The Morgan fingerprint density at radius 1 is 1.15 bits per heavy atom. The van der Waals surface area contributed by atoms with E-state index >= 15 is 0 Å². The van der Waals surface area contributed by atoms with Crippen molar-refractivity contribution in [1.82, 2.24) is 15.1 Å². The zero-order valence-electron chi connectivity index (χ0n) is 19.9. The van der Waals surface area contributed by atoms with Gasteiger partial charge in [-0.25, -0.2) is 0 Å². The van der Waals surface area contributed by atoms with Crippen LogP contribution in [0.5, 0.6) is 11.5 Å². The Bertz CT molecular complexity index is 874. The second-order valence-electron chi connectivity index (χ2n) is 9.12. The third-order valence-electron chi connectivity index (χ3n) is 6.65. The van der Waals surface area contributed by atoms with Crippen molar-refractivity contribution in [3.63, 3.8) is 0 Å². The highest BCUT2D eigenvalue weighted by atomic mass is 16.5. The van der Waals surface area contributed by atoms with Crippen LogP contribution in [0.3, 0.4) is 0 Å². The summed E-state index contributed by atoms with van der Waals surface area (Å²) < 4.78 is 5.46. The Morgan fingerprint density at radius 3 is 2.36 bits per heavy atom. The highest BCUT2D eigenvalue weighted by Crippen LogP contribution is 2.34. The van der Waals surface area contributed by atoms with Gasteiger partial charge in [0, 0.05) is 37.8 Å². The first-order valence-electron chi connectivity index (χ1n) is 11.9. The summed E-state index contributed by atoms with van der Waals surface area (Å²) in [6.07, 6.45) is 3.30. The van der Waals surface area contributed by atoms with Crippen molar-refractivity contribution in [1.29, 1.82) is 10.8 Å². The van der Waals surface area contributed by atoms with Gasteiger partial charge >= 0.3 is 0 Å². The second kappa shape index (κ2) is 11.0. The molecule has 3 rings (SSSR count). The van der Waals surface area contributed by atoms with E-state index in [0.717, 1.165) is 52.0 Å². The molecular formula is C24H37N5O4. The summed E-state index contributed by atoms with van der Waals surface area (Å²) in [6, 6.07) is 3.08. The van der Waals surface area contributed by atoms with Crippen LogP contribution in [-0.2, 0) is 9.53 Å². The van der Waals surface area contributed by atoms with Gasteiger partial charge in [0.05, 0.1) is 18.8 Å². The van der Waals surface area contributed by atoms with E-state index in [1.54, 1.807) is 13.0 Å². The molecule has 0 radical (unpaired) electrons. The first-order chi connectivity index (χ1) is 15.7. The Morgan fingerprint density at radius 2 is 1.79 bits per heavy atom. The molecule has 9 nitrogen and oxygen atoms in total. The number of carbonyl (C=O) groups is 1. The lowest BCUT2D eigenvalue weighted by Gasteiger charge is -2.42. The molecule has 1 amide bonds. The highest BCUT2D eigenvalue weighted by Gasteiger charge is 2.35. The zero-order chi connectivity index (χ0) is 24.1. The SMILES string of the molecule is CCNC(=O)C(=N)N(C(=N)c1cc(C(C)C)c(O)cc1O)C1CCC(N2CCOCC2)CC1. The quantitative estimate of drug-likeness (QED) is 0.340. The van der Waals surface area contributed by atoms with Gasteiger partial charge in [0.25, 0.3) is 5.91 Å². The molecule has 0 unspecified atom stereocenters. The van der Waals surface area contributed by atoms with Crippen LogP contribution in [0, 0.1) is 10.8 Å². The van der Waals surface area contributed by atoms with E-state index < -0.39 is 5.91 Å². The zero-order valence-corrected chi connectivity index (χ0v) is 19.9. The number of phenols is 2. The number of amides is 1. The minimum atomic E-state index is -0.542. The van der Waals surface area contributed by atoms with Crippen LogP contribution in [0.1, 0.15) is 63.5 Å². The smallest absolute Gasteiger partial charge is 0.286 e. The van der Waals surface area contributed by atoms with E-state index in [2.05, 4.69) is 10.2 Å². The number of hydrogen-bond acceptors (Lipinski definition) is 7. The lowest BCUT2D eigenvalue weighted by molar-refractivity contribution is -0.115. The molecule has 0 spiro atoms. The number of benzene rings is 1. The summed E-state index contributed by atoms with van der Waals surface area (Å²) in [6.45, 7) is 9.34. The number of rotatable bonds is 5. The van der Waals surface area contributed by atoms with Gasteiger partial charge in [-0.2, -0.15) is 0 Å². The summed E-state index contributed by atoms with van der Waals surface area (Å²) in [4.78, 5) is 16.5. The maximum Gasteiger partial charge on any atom is 0.286 e. The lowest BCUT2D eigenvalue weighted by atomic mass is 9.88. The van der Waals surface area contributed by atoms with Gasteiger partial charge in [-0.05, 0) is 50.2 Å². The predicted molar refractivity (Wildman–Crippen MR) is 127 cm³/mol. The number of phenolic OH excluding ortho intramolecular Hbond substituents is 2. The van der Waals surface area contributed by atoms with Gasteiger partial charge in [0.15, 0.2) is 5.84 Å². The van der Waals surface area contributed by atoms with Gasteiger partial charge < -0.3 is 25.2 Å². The van der Waals surface area contributed by atoms with Crippen molar-refractivity contribution in [2.24, 2.45) is 0 Å². The standard InChI is InChI=1S/C24H37N5O4/c1-4-27-24(32)23(26)29(17-7-5-16(6-8-17)28-9-11-33-12-10-28)22(25)19-13-18(15(2)3)20(30)14-21(19)31/h13-17,25-26,30-31H,4-12H2,1-3H3,(H,27,32). The number of nitrogens with zero attached hydrogens (tertiary/aromatic N) is 2. The molecule has 0 atom stereocenters. The summed E-state index contributed by atoms with van der Waals surface area (Å²) in [7, 11) is 0. The van der Waals surface area contributed by atoms with Crippen LogP contribution >= 0.6 is 0 Å². The molecule has 1 saturated heterocycles. The number of morpholine rings is 1. The van der Waals surface area contributed by atoms with E-state index in [9.17, 15) is 15.0 Å². The van der Waals surface area contributed by atoms with Crippen molar-refractivity contribution in [3.8, 4) is 11.5 Å². The molecule has 1 saturated carbocycles. The Labute approximate surface area is 195 Å². The van der Waals surface area contributed by atoms with E-state index in [1.807, 2.05) is 13.8 Å². The minimum Gasteiger partial charge on any atom is -0.508 e. The monoisotopic (exact) mass is 459 g/mol. The summed E-state index contributed by atoms with van der Waals surface area (Å²) >= 11 is 0. The maximum atomic E-state index is 12.6. The van der Waals surface area contributed by atoms with Crippen LogP contribution in [0.15, 0.2) is 12.1 Å². The second-order valence-corrected chi connectivity index (χ2v) is 9.12. The maximum absolute atomic E-state index is 12.6. The van der Waals surface area contributed by atoms with Crippen LogP contribution < -0.4 is 5.32 Å². The van der Waals surface area contributed by atoms with Gasteiger partial charge in [-0.1, -0.05) is 13.8 Å². The summed E-state index contributed by atoms with van der Waals surface area (Å²) in [5, 5.41) is 40.9. The van der Waals surface area contributed by atoms with Gasteiger partial charge in [0.1, 0.15) is 17.3 Å². The highest BCUT2D eigenvalue weighted by molar-refractivity contribution is 6.40. The fourth-order valence-corrected chi connectivity index (χ4v) is 4.83. The number of hydrogen-bond donors (Lipinski definition) is 5. The number of ether oxygens (including phenoxy) is 1. The lowest BCUT2D eigenvalue weighted by Crippen LogP contribution is -2.53. The van der Waals surface area contributed by atoms with Crippen LogP contribution in [0.4, 0.5) is 0 Å². The molecule has 1 aliphatic heterocycles. The first-order valence-corrected chi connectivity index (χ1v) is 11.9. The molecule has 5 N–H and O–H groups in total. The van der Waals surface area contributed by atoms with Crippen molar-refractivity contribution < 1.29 is 19.7 Å². The Hall–Kier alpha value is -2.65. The predicted octanol–water partition coefficient (Wildman–Crippen LogP) is 2.61. The van der Waals surface area contributed by atoms with Crippen LogP contribution in [0.2, 0.25) is 0 Å². The van der Waals surface area contributed by atoms with Crippen molar-refractivity contribution in [3.05, 3.63) is 23.3 Å². The van der Waals surface area contributed by atoms with Gasteiger partial charge in [-0.3, -0.25) is 20.5 Å². The largest absolute Gasteiger partial charge is 0.508 e. The third kappa shape index (κ3) is 5.65. The number of aromatic hydroxyl groups is 2. The molecule has 0 aromatic heterocycles. The minimum absolute atomic E-state index is 0.0163. The normalized spacial score (nSPS) is 21.6.